The minimum atomic E-state index is -4.53. The lowest BCUT2D eigenvalue weighted by atomic mass is 10.1. The van der Waals surface area contributed by atoms with Gasteiger partial charge < -0.3 is 10.2 Å². The Labute approximate surface area is 158 Å². The lowest BCUT2D eigenvalue weighted by Gasteiger charge is -2.09. The standard InChI is InChI=1S/C21H15F3N2O2/c1-12-6-9-18(28)15(10-12)20-25-19(14-4-2-3-5-17(14)27)16-8-7-13(11-26(16)20)21(22,23)24/h2-11,27-28H,1H3. The molecule has 4 aromatic rings. The van der Waals surface area contributed by atoms with E-state index < -0.39 is 11.7 Å². The molecule has 0 unspecified atom stereocenters. The second kappa shape index (κ2) is 6.30. The number of phenols is 2. The lowest BCUT2D eigenvalue weighted by molar-refractivity contribution is -0.137. The van der Waals surface area contributed by atoms with Crippen LogP contribution in [0.5, 0.6) is 11.5 Å². The number of hydrogen-bond acceptors (Lipinski definition) is 3. The fourth-order valence-corrected chi connectivity index (χ4v) is 3.14. The van der Waals surface area contributed by atoms with Crippen molar-refractivity contribution in [3.63, 3.8) is 0 Å². The quantitative estimate of drug-likeness (QED) is 0.486. The maximum absolute atomic E-state index is 13.3. The van der Waals surface area contributed by atoms with Crippen LogP contribution in [-0.4, -0.2) is 19.6 Å². The molecule has 142 valence electrons. The van der Waals surface area contributed by atoms with E-state index in [2.05, 4.69) is 4.98 Å². The fraction of sp³-hybridized carbons (Fsp3) is 0.0952. The van der Waals surface area contributed by atoms with Crippen LogP contribution in [0.25, 0.3) is 28.2 Å². The molecule has 0 spiro atoms. The smallest absolute Gasteiger partial charge is 0.417 e. The van der Waals surface area contributed by atoms with Gasteiger partial charge in [0, 0.05) is 11.8 Å². The zero-order valence-electron chi connectivity index (χ0n) is 14.7. The van der Waals surface area contributed by atoms with Crippen LogP contribution >= 0.6 is 0 Å². The summed E-state index contributed by atoms with van der Waals surface area (Å²) in [7, 11) is 0. The molecule has 2 N–H and O–H groups in total. The molecule has 4 rings (SSSR count). The van der Waals surface area contributed by atoms with Gasteiger partial charge in [0.25, 0.3) is 0 Å². The molecule has 2 heterocycles. The molecule has 0 fully saturated rings. The number of aromatic hydroxyl groups is 2. The van der Waals surface area contributed by atoms with E-state index in [-0.39, 0.29) is 17.3 Å². The molecule has 0 amide bonds. The molecule has 28 heavy (non-hydrogen) atoms. The van der Waals surface area contributed by atoms with Gasteiger partial charge in [0.1, 0.15) is 23.0 Å². The second-order valence-corrected chi connectivity index (χ2v) is 6.49. The van der Waals surface area contributed by atoms with E-state index in [4.69, 9.17) is 0 Å². The molecule has 0 aliphatic carbocycles. The van der Waals surface area contributed by atoms with Crippen molar-refractivity contribution in [1.82, 2.24) is 9.38 Å². The van der Waals surface area contributed by atoms with Crippen molar-refractivity contribution < 1.29 is 23.4 Å². The van der Waals surface area contributed by atoms with Crippen LogP contribution in [0.2, 0.25) is 0 Å². The molecular formula is C21H15F3N2O2. The number of aromatic nitrogens is 2. The summed E-state index contributed by atoms with van der Waals surface area (Å²) in [6.07, 6.45) is -3.58. The zero-order valence-corrected chi connectivity index (χ0v) is 14.7. The van der Waals surface area contributed by atoms with Crippen LogP contribution in [0.15, 0.2) is 60.8 Å². The summed E-state index contributed by atoms with van der Waals surface area (Å²) in [6.45, 7) is 1.81. The third-order valence-corrected chi connectivity index (χ3v) is 4.52. The Hall–Kier alpha value is -3.48. The van der Waals surface area contributed by atoms with E-state index >= 15 is 0 Å². The number of para-hydroxylation sites is 1. The third-order valence-electron chi connectivity index (χ3n) is 4.52. The number of imidazole rings is 1. The Morgan fingerprint density at radius 3 is 2.32 bits per heavy atom. The average molecular weight is 384 g/mol. The van der Waals surface area contributed by atoms with Gasteiger partial charge in [-0.1, -0.05) is 23.8 Å². The summed E-state index contributed by atoms with van der Waals surface area (Å²) in [4.78, 5) is 4.49. The molecule has 7 heteroatoms. The fourth-order valence-electron chi connectivity index (χ4n) is 3.14. The summed E-state index contributed by atoms with van der Waals surface area (Å²) in [6, 6.07) is 13.6. The van der Waals surface area contributed by atoms with Gasteiger partial charge in [-0.15, -0.1) is 0 Å². The first-order valence-corrected chi connectivity index (χ1v) is 8.43. The molecule has 0 radical (unpaired) electrons. The molecule has 0 atom stereocenters. The Morgan fingerprint density at radius 2 is 1.61 bits per heavy atom. The highest BCUT2D eigenvalue weighted by Gasteiger charge is 2.32. The van der Waals surface area contributed by atoms with Gasteiger partial charge in [0.05, 0.1) is 16.6 Å². The lowest BCUT2D eigenvalue weighted by Crippen LogP contribution is -2.06. The largest absolute Gasteiger partial charge is 0.507 e. The van der Waals surface area contributed by atoms with Gasteiger partial charge in [0.15, 0.2) is 0 Å². The number of nitrogens with zero attached hydrogens (tertiary/aromatic N) is 2. The normalized spacial score (nSPS) is 11.9. The van der Waals surface area contributed by atoms with Crippen molar-refractivity contribution in [1.29, 1.82) is 0 Å². The van der Waals surface area contributed by atoms with E-state index in [9.17, 15) is 23.4 Å². The van der Waals surface area contributed by atoms with Crippen LogP contribution in [0.3, 0.4) is 0 Å². The molecule has 0 aliphatic heterocycles. The van der Waals surface area contributed by atoms with E-state index in [0.717, 1.165) is 17.8 Å². The van der Waals surface area contributed by atoms with Gasteiger partial charge in [-0.2, -0.15) is 13.2 Å². The van der Waals surface area contributed by atoms with Crippen molar-refractivity contribution >= 4 is 5.52 Å². The van der Waals surface area contributed by atoms with E-state index in [1.807, 2.05) is 6.92 Å². The molecule has 4 nitrogen and oxygen atoms in total. The highest BCUT2D eigenvalue weighted by Crippen LogP contribution is 2.38. The van der Waals surface area contributed by atoms with Crippen LogP contribution < -0.4 is 0 Å². The molecule has 0 saturated carbocycles. The van der Waals surface area contributed by atoms with Crippen molar-refractivity contribution in [2.75, 3.05) is 0 Å². The molecule has 2 aromatic heterocycles. The number of alkyl halides is 3. The monoisotopic (exact) mass is 384 g/mol. The van der Waals surface area contributed by atoms with Crippen LogP contribution in [0, 0.1) is 6.92 Å². The Morgan fingerprint density at radius 1 is 0.893 bits per heavy atom. The van der Waals surface area contributed by atoms with Gasteiger partial charge in [0.2, 0.25) is 0 Å². The van der Waals surface area contributed by atoms with E-state index in [1.54, 1.807) is 30.3 Å². The third kappa shape index (κ3) is 2.94. The Kier molecular flexibility index (Phi) is 4.03. The highest BCUT2D eigenvalue weighted by atomic mass is 19.4. The summed E-state index contributed by atoms with van der Waals surface area (Å²) < 4.78 is 41.1. The number of pyridine rings is 1. The Balaban J connectivity index is 2.08. The summed E-state index contributed by atoms with van der Waals surface area (Å²) in [5.74, 6) is 0.0155. The topological polar surface area (TPSA) is 57.8 Å². The summed E-state index contributed by atoms with van der Waals surface area (Å²) >= 11 is 0. The van der Waals surface area contributed by atoms with Crippen molar-refractivity contribution in [3.05, 3.63) is 71.9 Å². The number of rotatable bonds is 2. The number of aryl methyl sites for hydroxylation is 1. The maximum atomic E-state index is 13.3. The predicted molar refractivity (Wildman–Crippen MR) is 99.1 cm³/mol. The minimum Gasteiger partial charge on any atom is -0.507 e. The van der Waals surface area contributed by atoms with Crippen molar-refractivity contribution in [3.8, 4) is 34.1 Å². The number of halogens is 3. The van der Waals surface area contributed by atoms with Gasteiger partial charge in [-0.3, -0.25) is 4.40 Å². The van der Waals surface area contributed by atoms with Gasteiger partial charge in [-0.05, 0) is 43.3 Å². The number of hydrogen-bond donors (Lipinski definition) is 2. The van der Waals surface area contributed by atoms with Crippen molar-refractivity contribution in [2.24, 2.45) is 0 Å². The molecular weight excluding hydrogens is 369 g/mol. The van der Waals surface area contributed by atoms with E-state index in [1.165, 1.54) is 22.6 Å². The van der Waals surface area contributed by atoms with Crippen LogP contribution in [0.1, 0.15) is 11.1 Å². The minimum absolute atomic E-state index is 0.0394. The second-order valence-electron chi connectivity index (χ2n) is 6.49. The molecule has 0 bridgehead atoms. The molecule has 0 aliphatic rings. The number of benzene rings is 2. The average Bonchev–Trinajstić information content (AvgIpc) is 3.02. The van der Waals surface area contributed by atoms with Crippen molar-refractivity contribution in [2.45, 2.75) is 13.1 Å². The first-order valence-electron chi connectivity index (χ1n) is 8.43. The summed E-state index contributed by atoms with van der Waals surface area (Å²) in [5.41, 5.74) is 1.37. The number of phenolic OH excluding ortho intramolecular Hbond substituents is 2. The first-order chi connectivity index (χ1) is 13.3. The van der Waals surface area contributed by atoms with Crippen LogP contribution in [-0.2, 0) is 6.18 Å². The maximum Gasteiger partial charge on any atom is 0.417 e. The SMILES string of the molecule is Cc1ccc(O)c(-c2nc(-c3ccccc3O)c3ccc(C(F)(F)F)cn23)c1. The molecule has 2 aromatic carbocycles. The zero-order chi connectivity index (χ0) is 20.1. The summed E-state index contributed by atoms with van der Waals surface area (Å²) in [5, 5.41) is 20.5. The Bertz CT molecular complexity index is 1200. The first kappa shape index (κ1) is 17.9. The van der Waals surface area contributed by atoms with Gasteiger partial charge >= 0.3 is 6.18 Å². The van der Waals surface area contributed by atoms with Gasteiger partial charge in [-0.25, -0.2) is 4.98 Å². The van der Waals surface area contributed by atoms with Crippen LogP contribution in [0.4, 0.5) is 13.2 Å². The predicted octanol–water partition coefficient (Wildman–Crippen LogP) is 5.41. The highest BCUT2D eigenvalue weighted by molar-refractivity contribution is 5.85. The molecule has 0 saturated heterocycles. The van der Waals surface area contributed by atoms with E-state index in [0.29, 0.717) is 22.3 Å². The number of fused-ring (bicyclic) bond motifs is 1.